The second kappa shape index (κ2) is 9.96. The lowest BCUT2D eigenvalue weighted by molar-refractivity contribution is -0.385. The number of carbonyl (C=O) groups excluding carboxylic acids is 4. The molecule has 0 saturated heterocycles. The molecule has 0 unspecified atom stereocenters. The molecule has 0 fully saturated rings. The van der Waals surface area contributed by atoms with Crippen molar-refractivity contribution in [2.24, 2.45) is 0 Å². The number of hydrogen-bond acceptors (Lipinski definition) is 7. The highest BCUT2D eigenvalue weighted by Gasteiger charge is 2.40. The molecule has 1 heterocycles. The summed E-state index contributed by atoms with van der Waals surface area (Å²) in [4.78, 5) is 59.7. The van der Waals surface area contributed by atoms with Gasteiger partial charge in [-0.05, 0) is 38.2 Å². The number of amides is 3. The van der Waals surface area contributed by atoms with Crippen LogP contribution in [0.1, 0.15) is 59.2 Å². The first-order valence-corrected chi connectivity index (χ1v) is 10.1. The minimum absolute atomic E-state index is 0.0694. The average molecular weight is 429 g/mol. The van der Waals surface area contributed by atoms with Gasteiger partial charge >= 0.3 is 5.97 Å². The van der Waals surface area contributed by atoms with E-state index >= 15 is 0 Å². The third-order valence-electron chi connectivity index (χ3n) is 5.23. The van der Waals surface area contributed by atoms with E-state index in [9.17, 15) is 29.3 Å². The van der Waals surface area contributed by atoms with Crippen molar-refractivity contribution in [1.29, 1.82) is 0 Å². The summed E-state index contributed by atoms with van der Waals surface area (Å²) in [5.74, 6) is -2.71. The first-order chi connectivity index (χ1) is 14.9. The van der Waals surface area contributed by atoms with Crippen LogP contribution in [-0.4, -0.2) is 53.2 Å². The molecule has 1 aromatic carbocycles. The Labute approximate surface area is 178 Å². The summed E-state index contributed by atoms with van der Waals surface area (Å²) in [7, 11) is 0. The topological polar surface area (TPSA) is 136 Å². The predicted molar refractivity (Wildman–Crippen MR) is 108 cm³/mol. The fraction of sp³-hybridized carbons (Fsp3) is 0.429. The summed E-state index contributed by atoms with van der Waals surface area (Å²) in [6.45, 7) is -0.278. The summed E-state index contributed by atoms with van der Waals surface area (Å²) < 4.78 is 4.89. The van der Waals surface area contributed by atoms with Crippen LogP contribution < -0.4 is 5.32 Å². The van der Waals surface area contributed by atoms with Crippen LogP contribution in [0.3, 0.4) is 0 Å². The van der Waals surface area contributed by atoms with Crippen LogP contribution in [0.4, 0.5) is 5.69 Å². The van der Waals surface area contributed by atoms with Crippen molar-refractivity contribution < 1.29 is 28.8 Å². The number of hydrogen-bond donors (Lipinski definition) is 1. The summed E-state index contributed by atoms with van der Waals surface area (Å²) >= 11 is 0. The summed E-state index contributed by atoms with van der Waals surface area (Å²) in [5.41, 5.74) is 0.518. The first kappa shape index (κ1) is 22.1. The largest absolute Gasteiger partial charge is 0.456 e. The minimum Gasteiger partial charge on any atom is -0.456 e. The number of carbonyl (C=O) groups is 4. The SMILES string of the molecule is O=C(COC(=O)CCN1C(=O)c2cccc([N+](=O)[O-])c2C1=O)NCCC1=CCCCC1. The lowest BCUT2D eigenvalue weighted by Crippen LogP contribution is -2.33. The normalized spacial score (nSPS) is 15.4. The van der Waals surface area contributed by atoms with Crippen LogP contribution in [0.5, 0.6) is 0 Å². The molecule has 10 heteroatoms. The number of nitro groups is 1. The van der Waals surface area contributed by atoms with Gasteiger partial charge in [-0.2, -0.15) is 0 Å². The van der Waals surface area contributed by atoms with E-state index in [1.807, 2.05) is 0 Å². The lowest BCUT2D eigenvalue weighted by atomic mass is 9.97. The Morgan fingerprint density at radius 2 is 2.00 bits per heavy atom. The van der Waals surface area contributed by atoms with Gasteiger partial charge in [0.15, 0.2) is 6.61 Å². The molecule has 0 saturated carbocycles. The van der Waals surface area contributed by atoms with Crippen LogP contribution in [0.15, 0.2) is 29.8 Å². The van der Waals surface area contributed by atoms with Gasteiger partial charge in [-0.1, -0.05) is 17.7 Å². The molecule has 0 bridgehead atoms. The molecule has 1 aliphatic heterocycles. The molecule has 164 valence electrons. The third kappa shape index (κ3) is 5.33. The molecule has 3 rings (SSSR count). The van der Waals surface area contributed by atoms with Gasteiger partial charge in [0.25, 0.3) is 23.4 Å². The Bertz CT molecular complexity index is 954. The second-order valence-corrected chi connectivity index (χ2v) is 7.34. The van der Waals surface area contributed by atoms with E-state index in [0.29, 0.717) is 6.54 Å². The number of nitrogens with zero attached hydrogens (tertiary/aromatic N) is 2. The fourth-order valence-corrected chi connectivity index (χ4v) is 3.64. The number of allylic oxidation sites excluding steroid dienone is 1. The zero-order valence-corrected chi connectivity index (χ0v) is 16.9. The molecule has 0 aromatic heterocycles. The van der Waals surface area contributed by atoms with Gasteiger partial charge in [-0.15, -0.1) is 0 Å². The Morgan fingerprint density at radius 1 is 1.19 bits per heavy atom. The molecule has 1 aromatic rings. The molecule has 10 nitrogen and oxygen atoms in total. The van der Waals surface area contributed by atoms with Gasteiger partial charge in [0.1, 0.15) is 5.56 Å². The van der Waals surface area contributed by atoms with Crippen molar-refractivity contribution in [1.82, 2.24) is 10.2 Å². The molecule has 0 spiro atoms. The van der Waals surface area contributed by atoms with E-state index < -0.39 is 40.9 Å². The number of nitrogens with one attached hydrogen (secondary N) is 1. The van der Waals surface area contributed by atoms with Crippen molar-refractivity contribution in [2.45, 2.75) is 38.5 Å². The highest BCUT2D eigenvalue weighted by Crippen LogP contribution is 2.30. The molecule has 31 heavy (non-hydrogen) atoms. The Balaban J connectivity index is 1.42. The number of benzene rings is 1. The van der Waals surface area contributed by atoms with Crippen molar-refractivity contribution in [3.63, 3.8) is 0 Å². The van der Waals surface area contributed by atoms with Crippen LogP contribution in [0.25, 0.3) is 0 Å². The molecule has 0 radical (unpaired) electrons. The van der Waals surface area contributed by atoms with Gasteiger partial charge in [-0.3, -0.25) is 34.2 Å². The van der Waals surface area contributed by atoms with Crippen molar-refractivity contribution in [3.8, 4) is 0 Å². The smallest absolute Gasteiger partial charge is 0.308 e. The lowest BCUT2D eigenvalue weighted by Gasteiger charge is -2.14. The van der Waals surface area contributed by atoms with Gasteiger partial charge < -0.3 is 10.1 Å². The number of ether oxygens (including phenoxy) is 1. The average Bonchev–Trinajstić information content (AvgIpc) is 3.01. The summed E-state index contributed by atoms with van der Waals surface area (Å²) in [6.07, 6.45) is 7.13. The van der Waals surface area contributed by atoms with Crippen LogP contribution in [0.2, 0.25) is 0 Å². The Kier molecular flexibility index (Phi) is 7.11. The number of imide groups is 1. The van der Waals surface area contributed by atoms with Crippen LogP contribution in [0, 0.1) is 10.1 Å². The van der Waals surface area contributed by atoms with E-state index in [2.05, 4.69) is 11.4 Å². The van der Waals surface area contributed by atoms with Crippen molar-refractivity contribution in [2.75, 3.05) is 19.7 Å². The minimum atomic E-state index is -0.824. The molecule has 0 atom stereocenters. The predicted octanol–water partition coefficient (Wildman–Crippen LogP) is 2.13. The monoisotopic (exact) mass is 429 g/mol. The standard InChI is InChI=1S/C21H23N3O7/c25-17(22-11-9-14-5-2-1-3-6-14)13-31-18(26)10-12-23-20(27)15-7-4-8-16(24(29)30)19(15)21(23)28/h4-5,7-8H,1-3,6,9-13H2,(H,22,25). The van der Waals surface area contributed by atoms with Gasteiger partial charge in [0.2, 0.25) is 0 Å². The van der Waals surface area contributed by atoms with E-state index in [-0.39, 0.29) is 24.1 Å². The van der Waals surface area contributed by atoms with E-state index in [0.717, 1.165) is 36.6 Å². The van der Waals surface area contributed by atoms with Gasteiger partial charge in [-0.25, -0.2) is 0 Å². The maximum atomic E-state index is 12.4. The van der Waals surface area contributed by atoms with Crippen LogP contribution >= 0.6 is 0 Å². The zero-order valence-electron chi connectivity index (χ0n) is 16.9. The quantitative estimate of drug-likeness (QED) is 0.209. The molecular weight excluding hydrogens is 406 g/mol. The van der Waals surface area contributed by atoms with Crippen molar-refractivity contribution in [3.05, 3.63) is 51.1 Å². The molecular formula is C21H23N3O7. The number of esters is 1. The zero-order chi connectivity index (χ0) is 22.4. The number of fused-ring (bicyclic) bond motifs is 1. The fourth-order valence-electron chi connectivity index (χ4n) is 3.64. The summed E-state index contributed by atoms with van der Waals surface area (Å²) in [6, 6.07) is 3.79. The molecule has 3 amide bonds. The Hall–Kier alpha value is -3.56. The third-order valence-corrected chi connectivity index (χ3v) is 5.23. The maximum Gasteiger partial charge on any atom is 0.308 e. The first-order valence-electron chi connectivity index (χ1n) is 10.1. The van der Waals surface area contributed by atoms with Gasteiger partial charge in [0, 0.05) is 19.2 Å². The van der Waals surface area contributed by atoms with E-state index in [1.54, 1.807) is 0 Å². The number of rotatable bonds is 9. The Morgan fingerprint density at radius 3 is 2.71 bits per heavy atom. The number of nitro benzene ring substituents is 1. The molecule has 1 aliphatic carbocycles. The second-order valence-electron chi connectivity index (χ2n) is 7.34. The molecule has 1 N–H and O–H groups in total. The highest BCUT2D eigenvalue weighted by atomic mass is 16.6. The van der Waals surface area contributed by atoms with E-state index in [4.69, 9.17) is 4.74 Å². The maximum absolute atomic E-state index is 12.4. The highest BCUT2D eigenvalue weighted by molar-refractivity contribution is 6.23. The van der Waals surface area contributed by atoms with Crippen molar-refractivity contribution >= 4 is 29.4 Å². The summed E-state index contributed by atoms with van der Waals surface area (Å²) in [5, 5.41) is 13.8. The van der Waals surface area contributed by atoms with Crippen LogP contribution in [-0.2, 0) is 14.3 Å². The van der Waals surface area contributed by atoms with Gasteiger partial charge in [0.05, 0.1) is 16.9 Å². The molecule has 2 aliphatic rings. The van der Waals surface area contributed by atoms with E-state index in [1.165, 1.54) is 24.1 Å².